The van der Waals surface area contributed by atoms with Crippen LogP contribution < -0.4 is 11.3 Å². The van der Waals surface area contributed by atoms with Crippen LogP contribution in [0.4, 0.5) is 0 Å². The highest BCUT2D eigenvalue weighted by atomic mass is 15.2. The molecule has 0 fully saturated rings. The second kappa shape index (κ2) is 5.23. The third-order valence-corrected chi connectivity index (χ3v) is 1.68. The first-order valence-corrected chi connectivity index (χ1v) is 3.66. The monoisotopic (exact) mass is 143 g/mol. The maximum atomic E-state index is 5.21. The van der Waals surface area contributed by atoms with Gasteiger partial charge in [-0.3, -0.25) is 4.99 Å². The van der Waals surface area contributed by atoms with E-state index >= 15 is 0 Å². The van der Waals surface area contributed by atoms with E-state index in [0.717, 1.165) is 12.3 Å². The Balaban J connectivity index is 3.64. The summed E-state index contributed by atoms with van der Waals surface area (Å²) in [4.78, 5) is 3.98. The molecule has 60 valence electrons. The summed E-state index contributed by atoms with van der Waals surface area (Å²) in [5, 5.41) is 0. The first-order valence-electron chi connectivity index (χ1n) is 3.66. The molecule has 10 heavy (non-hydrogen) atoms. The molecular weight excluding hydrogens is 126 g/mol. The van der Waals surface area contributed by atoms with Crippen LogP contribution in [0.2, 0.25) is 0 Å². The molecule has 1 unspecified atom stereocenters. The molecule has 0 aromatic rings. The van der Waals surface area contributed by atoms with Gasteiger partial charge in [-0.1, -0.05) is 20.3 Å². The molecule has 0 spiro atoms. The zero-order valence-electron chi connectivity index (χ0n) is 7.02. The summed E-state index contributed by atoms with van der Waals surface area (Å²) in [5.74, 6) is 6.75. The van der Waals surface area contributed by atoms with E-state index in [1.165, 1.54) is 6.42 Å². The lowest BCUT2D eigenvalue weighted by Crippen LogP contribution is -2.31. The van der Waals surface area contributed by atoms with Gasteiger partial charge >= 0.3 is 0 Å². The molecule has 0 aromatic heterocycles. The van der Waals surface area contributed by atoms with E-state index in [1.807, 2.05) is 0 Å². The lowest BCUT2D eigenvalue weighted by Gasteiger charge is -2.09. The van der Waals surface area contributed by atoms with Crippen LogP contribution in [0.15, 0.2) is 4.99 Å². The Morgan fingerprint density at radius 2 is 2.30 bits per heavy atom. The van der Waals surface area contributed by atoms with Gasteiger partial charge in [0.25, 0.3) is 0 Å². The van der Waals surface area contributed by atoms with E-state index in [-0.39, 0.29) is 0 Å². The van der Waals surface area contributed by atoms with Crippen LogP contribution >= 0.6 is 0 Å². The summed E-state index contributed by atoms with van der Waals surface area (Å²) in [6.07, 6.45) is 2.12. The number of nitrogens with one attached hydrogen (secondary N) is 1. The molecule has 0 aliphatic heterocycles. The summed E-state index contributed by atoms with van der Waals surface area (Å²) in [5.41, 5.74) is 2.57. The zero-order chi connectivity index (χ0) is 7.98. The van der Waals surface area contributed by atoms with Crippen molar-refractivity contribution in [3.8, 4) is 0 Å². The molecule has 0 aliphatic rings. The summed E-state index contributed by atoms with van der Waals surface area (Å²) < 4.78 is 0. The predicted molar refractivity (Wildman–Crippen MR) is 44.8 cm³/mol. The van der Waals surface area contributed by atoms with E-state index in [9.17, 15) is 0 Å². The highest BCUT2D eigenvalue weighted by Crippen LogP contribution is 2.05. The van der Waals surface area contributed by atoms with Crippen molar-refractivity contribution in [2.45, 2.75) is 26.7 Å². The Morgan fingerprint density at radius 1 is 1.70 bits per heavy atom. The zero-order valence-corrected chi connectivity index (χ0v) is 7.02. The molecule has 0 rings (SSSR count). The Morgan fingerprint density at radius 3 is 2.60 bits per heavy atom. The second-order valence-corrected chi connectivity index (χ2v) is 2.53. The summed E-state index contributed by atoms with van der Waals surface area (Å²) in [6, 6.07) is 0. The van der Waals surface area contributed by atoms with Gasteiger partial charge in [-0.15, -0.1) is 0 Å². The second-order valence-electron chi connectivity index (χ2n) is 2.53. The largest absolute Gasteiger partial charge is 0.312 e. The minimum absolute atomic E-state index is 0.662. The fourth-order valence-electron chi connectivity index (χ4n) is 0.689. The molecule has 1 atom stereocenters. The molecule has 0 aromatic carbocycles. The number of hydrogen-bond acceptors (Lipinski definition) is 2. The van der Waals surface area contributed by atoms with Crippen molar-refractivity contribution in [3.63, 3.8) is 0 Å². The SMILES string of the molecule is CCC(C)CC(=NC)NN. The summed E-state index contributed by atoms with van der Waals surface area (Å²) >= 11 is 0. The van der Waals surface area contributed by atoms with E-state index in [2.05, 4.69) is 24.3 Å². The van der Waals surface area contributed by atoms with Crippen molar-refractivity contribution < 1.29 is 0 Å². The Hall–Kier alpha value is -0.570. The van der Waals surface area contributed by atoms with Gasteiger partial charge in [0, 0.05) is 13.5 Å². The van der Waals surface area contributed by atoms with Crippen LogP contribution in [0.25, 0.3) is 0 Å². The molecular formula is C7H17N3. The maximum Gasteiger partial charge on any atom is 0.110 e. The average Bonchev–Trinajstić information content (AvgIpc) is 1.99. The molecule has 0 amide bonds. The molecule has 3 N–H and O–H groups in total. The minimum atomic E-state index is 0.662. The van der Waals surface area contributed by atoms with Crippen LogP contribution in [0.5, 0.6) is 0 Å². The van der Waals surface area contributed by atoms with Crippen LogP contribution in [-0.2, 0) is 0 Å². The molecule has 0 bridgehead atoms. The number of nitrogens with zero attached hydrogens (tertiary/aromatic N) is 1. The lowest BCUT2D eigenvalue weighted by molar-refractivity contribution is 0.579. The van der Waals surface area contributed by atoms with Crippen LogP contribution in [0, 0.1) is 5.92 Å². The highest BCUT2D eigenvalue weighted by molar-refractivity contribution is 5.81. The molecule has 3 nitrogen and oxygen atoms in total. The summed E-state index contributed by atoms with van der Waals surface area (Å²) in [7, 11) is 1.75. The molecule has 0 radical (unpaired) electrons. The van der Waals surface area contributed by atoms with Crippen molar-refractivity contribution in [2.24, 2.45) is 16.8 Å². The third-order valence-electron chi connectivity index (χ3n) is 1.68. The van der Waals surface area contributed by atoms with Crippen molar-refractivity contribution >= 4 is 5.84 Å². The van der Waals surface area contributed by atoms with Gasteiger partial charge in [0.15, 0.2) is 0 Å². The lowest BCUT2D eigenvalue weighted by atomic mass is 10.1. The van der Waals surface area contributed by atoms with Crippen molar-refractivity contribution in [1.82, 2.24) is 5.43 Å². The number of aliphatic imine (C=N–C) groups is 1. The van der Waals surface area contributed by atoms with Crippen molar-refractivity contribution in [1.29, 1.82) is 0 Å². The number of hydrogen-bond donors (Lipinski definition) is 2. The highest BCUT2D eigenvalue weighted by Gasteiger charge is 2.01. The van der Waals surface area contributed by atoms with E-state index in [0.29, 0.717) is 5.92 Å². The van der Waals surface area contributed by atoms with Crippen molar-refractivity contribution in [3.05, 3.63) is 0 Å². The Bertz CT molecular complexity index is 109. The third kappa shape index (κ3) is 3.45. The standard InChI is InChI=1S/C7H17N3/c1-4-6(2)5-7(9-3)10-8/h6H,4-5,8H2,1-3H3,(H,9,10). The minimum Gasteiger partial charge on any atom is -0.312 e. The average molecular weight is 143 g/mol. The molecule has 0 heterocycles. The topological polar surface area (TPSA) is 50.4 Å². The quantitative estimate of drug-likeness (QED) is 0.267. The number of rotatable bonds is 3. The molecule has 0 saturated heterocycles. The van der Waals surface area contributed by atoms with Gasteiger partial charge in [-0.25, -0.2) is 5.84 Å². The van der Waals surface area contributed by atoms with E-state index < -0.39 is 0 Å². The molecule has 0 saturated carbocycles. The van der Waals surface area contributed by atoms with Gasteiger partial charge < -0.3 is 5.43 Å². The number of amidine groups is 1. The summed E-state index contributed by atoms with van der Waals surface area (Å²) in [6.45, 7) is 4.34. The maximum absolute atomic E-state index is 5.21. The van der Waals surface area contributed by atoms with Gasteiger partial charge in [-0.05, 0) is 5.92 Å². The van der Waals surface area contributed by atoms with Gasteiger partial charge in [0.05, 0.1) is 0 Å². The Labute approximate surface area is 62.7 Å². The van der Waals surface area contributed by atoms with Crippen LogP contribution in [0.1, 0.15) is 26.7 Å². The normalized spacial score (nSPS) is 15.0. The van der Waals surface area contributed by atoms with Gasteiger partial charge in [-0.2, -0.15) is 0 Å². The fourth-order valence-corrected chi connectivity index (χ4v) is 0.689. The Kier molecular flexibility index (Phi) is 4.94. The van der Waals surface area contributed by atoms with Gasteiger partial charge in [0.1, 0.15) is 5.84 Å². The van der Waals surface area contributed by atoms with Gasteiger partial charge in [0.2, 0.25) is 0 Å². The first-order chi connectivity index (χ1) is 4.74. The van der Waals surface area contributed by atoms with E-state index in [4.69, 9.17) is 5.84 Å². The first kappa shape index (κ1) is 9.43. The van der Waals surface area contributed by atoms with Crippen LogP contribution in [0.3, 0.4) is 0 Å². The molecule has 0 aliphatic carbocycles. The predicted octanol–water partition coefficient (Wildman–Crippen LogP) is 0.914. The smallest absolute Gasteiger partial charge is 0.110 e. The van der Waals surface area contributed by atoms with E-state index in [1.54, 1.807) is 7.05 Å². The van der Waals surface area contributed by atoms with Crippen molar-refractivity contribution in [2.75, 3.05) is 7.05 Å². The molecule has 3 heteroatoms. The van der Waals surface area contributed by atoms with Crippen LogP contribution in [-0.4, -0.2) is 12.9 Å². The number of hydrazine groups is 1. The number of nitrogens with two attached hydrogens (primary N) is 1. The fraction of sp³-hybridized carbons (Fsp3) is 0.857.